The van der Waals surface area contributed by atoms with Gasteiger partial charge in [-0.05, 0) is 25.0 Å². The van der Waals surface area contributed by atoms with Gasteiger partial charge >= 0.3 is 5.97 Å². The van der Waals surface area contributed by atoms with E-state index in [1.165, 1.54) is 7.11 Å². The molecule has 0 aromatic heterocycles. The van der Waals surface area contributed by atoms with E-state index in [1.807, 2.05) is 38.1 Å². The molecule has 0 saturated carbocycles. The van der Waals surface area contributed by atoms with Crippen molar-refractivity contribution in [1.82, 2.24) is 5.32 Å². The number of piperidine rings is 1. The minimum Gasteiger partial charge on any atom is -0.468 e. The zero-order valence-electron chi connectivity index (χ0n) is 15.9. The van der Waals surface area contributed by atoms with Gasteiger partial charge in [0.2, 0.25) is 11.9 Å². The van der Waals surface area contributed by atoms with Crippen molar-refractivity contribution in [2.45, 2.75) is 31.8 Å². The molecule has 0 aliphatic carbocycles. The maximum Gasteiger partial charge on any atom is 0.319 e. The van der Waals surface area contributed by atoms with Crippen molar-refractivity contribution in [3.05, 3.63) is 80.9 Å². The average molecular weight is 382 g/mol. The van der Waals surface area contributed by atoms with Gasteiger partial charge in [0, 0.05) is 4.92 Å². The van der Waals surface area contributed by atoms with Crippen LogP contribution >= 0.6 is 0 Å². The van der Waals surface area contributed by atoms with Crippen LogP contribution in [0.2, 0.25) is 0 Å². The van der Waals surface area contributed by atoms with Crippen molar-refractivity contribution in [2.75, 3.05) is 7.11 Å². The molecule has 1 heterocycles. The lowest BCUT2D eigenvalue weighted by Crippen LogP contribution is -2.56. The number of amides is 1. The number of nitrogens with one attached hydrogen (secondary N) is 1. The van der Waals surface area contributed by atoms with E-state index in [4.69, 9.17) is 4.74 Å². The van der Waals surface area contributed by atoms with Crippen molar-refractivity contribution in [3.63, 3.8) is 0 Å². The molecule has 28 heavy (non-hydrogen) atoms. The number of aryl methyl sites for hydroxylation is 2. The Morgan fingerprint density at radius 1 is 1.00 bits per heavy atom. The van der Waals surface area contributed by atoms with Crippen molar-refractivity contribution in [2.24, 2.45) is 5.92 Å². The first-order valence-corrected chi connectivity index (χ1v) is 8.98. The number of hydrogen-bond donors (Lipinski definition) is 1. The quantitative estimate of drug-likeness (QED) is 0.379. The van der Waals surface area contributed by atoms with Gasteiger partial charge in [0.05, 0.1) is 13.0 Å². The van der Waals surface area contributed by atoms with Crippen LogP contribution in [0, 0.1) is 29.9 Å². The second kappa shape index (κ2) is 7.80. The highest BCUT2D eigenvalue weighted by molar-refractivity contribution is 6.00. The summed E-state index contributed by atoms with van der Waals surface area (Å²) in [5.41, 5.74) is 3.17. The van der Waals surface area contributed by atoms with Crippen LogP contribution in [0.5, 0.6) is 0 Å². The Morgan fingerprint density at radius 3 is 1.96 bits per heavy atom. The van der Waals surface area contributed by atoms with E-state index in [0.29, 0.717) is 11.1 Å². The smallest absolute Gasteiger partial charge is 0.319 e. The fourth-order valence-corrected chi connectivity index (χ4v) is 3.76. The lowest BCUT2D eigenvalue weighted by Gasteiger charge is -2.37. The number of ether oxygens (including phenoxy) is 1. The number of nitrogens with zero attached hydrogens (tertiary/aromatic N) is 1. The Hall–Kier alpha value is -3.22. The summed E-state index contributed by atoms with van der Waals surface area (Å²) in [7, 11) is 1.18. The van der Waals surface area contributed by atoms with Gasteiger partial charge in [-0.3, -0.25) is 19.7 Å². The van der Waals surface area contributed by atoms with Crippen LogP contribution in [0.25, 0.3) is 0 Å². The third-order valence-corrected chi connectivity index (χ3v) is 5.25. The topological polar surface area (TPSA) is 98.5 Å². The first kappa shape index (κ1) is 19.5. The zero-order chi connectivity index (χ0) is 20.4. The minimum absolute atomic E-state index is 0.412. The molecule has 4 atom stereocenters. The molecule has 1 N–H and O–H groups in total. The molecule has 0 spiro atoms. The van der Waals surface area contributed by atoms with E-state index in [-0.39, 0.29) is 0 Å². The number of hydrogen-bond acceptors (Lipinski definition) is 5. The number of methoxy groups -OCH3 is 1. The van der Waals surface area contributed by atoms with E-state index in [0.717, 1.165) is 11.1 Å². The van der Waals surface area contributed by atoms with Crippen LogP contribution < -0.4 is 5.32 Å². The van der Waals surface area contributed by atoms with E-state index < -0.39 is 40.7 Å². The molecule has 7 nitrogen and oxygen atoms in total. The van der Waals surface area contributed by atoms with Gasteiger partial charge in [0.15, 0.2) is 0 Å². The predicted molar refractivity (Wildman–Crippen MR) is 102 cm³/mol. The van der Waals surface area contributed by atoms with Crippen LogP contribution in [0.15, 0.2) is 48.5 Å². The SMILES string of the molecule is COC(=O)C1C(=O)NC(c2ccc(C)cc2)C([N+](=O)[O-])C1c1ccc(C)cc1. The lowest BCUT2D eigenvalue weighted by molar-refractivity contribution is -0.534. The van der Waals surface area contributed by atoms with Crippen molar-refractivity contribution >= 4 is 11.9 Å². The normalized spacial score (nSPS) is 24.3. The highest BCUT2D eigenvalue weighted by Gasteiger charge is 2.55. The molecule has 1 aliphatic heterocycles. The zero-order valence-corrected chi connectivity index (χ0v) is 15.9. The molecule has 1 amide bonds. The molecular formula is C21H22N2O5. The Bertz CT molecular complexity index is 892. The molecule has 2 aromatic carbocycles. The number of benzene rings is 2. The Balaban J connectivity index is 2.15. The van der Waals surface area contributed by atoms with Gasteiger partial charge in [-0.2, -0.15) is 0 Å². The largest absolute Gasteiger partial charge is 0.468 e. The summed E-state index contributed by atoms with van der Waals surface area (Å²) < 4.78 is 4.80. The first-order valence-electron chi connectivity index (χ1n) is 8.98. The van der Waals surface area contributed by atoms with Gasteiger partial charge in [0.25, 0.3) is 0 Å². The van der Waals surface area contributed by atoms with Crippen LogP contribution in [-0.4, -0.2) is 30.0 Å². The molecule has 0 bridgehead atoms. The molecule has 4 unspecified atom stereocenters. The number of carbonyl (C=O) groups is 2. The van der Waals surface area contributed by atoms with E-state index in [1.54, 1.807) is 24.3 Å². The number of rotatable bonds is 4. The van der Waals surface area contributed by atoms with Gasteiger partial charge in [-0.25, -0.2) is 0 Å². The molecule has 1 saturated heterocycles. The number of carbonyl (C=O) groups excluding carboxylic acids is 2. The second-order valence-corrected chi connectivity index (χ2v) is 7.11. The van der Waals surface area contributed by atoms with Crippen molar-refractivity contribution < 1.29 is 19.2 Å². The summed E-state index contributed by atoms with van der Waals surface area (Å²) in [5, 5.41) is 14.8. The standard InChI is InChI=1S/C21H22N2O5/c1-12-4-8-14(9-5-12)16-17(21(25)28-3)20(24)22-18(19(16)23(26)27)15-10-6-13(2)7-11-15/h4-11,16-19H,1-3H3,(H,22,24). The van der Waals surface area contributed by atoms with E-state index in [2.05, 4.69) is 5.32 Å². The Morgan fingerprint density at radius 2 is 1.50 bits per heavy atom. The first-order chi connectivity index (χ1) is 13.3. The third kappa shape index (κ3) is 3.60. The Labute approximate surface area is 162 Å². The summed E-state index contributed by atoms with van der Waals surface area (Å²) in [6.07, 6.45) is 0. The van der Waals surface area contributed by atoms with Crippen LogP contribution in [-0.2, 0) is 14.3 Å². The van der Waals surface area contributed by atoms with Gasteiger partial charge < -0.3 is 10.1 Å². The summed E-state index contributed by atoms with van der Waals surface area (Å²) in [4.78, 5) is 36.9. The van der Waals surface area contributed by atoms with E-state index in [9.17, 15) is 19.7 Å². The highest BCUT2D eigenvalue weighted by Crippen LogP contribution is 2.41. The number of nitro groups is 1. The van der Waals surface area contributed by atoms with Crippen LogP contribution in [0.3, 0.4) is 0 Å². The molecule has 1 fully saturated rings. The summed E-state index contributed by atoms with van der Waals surface area (Å²) in [6, 6.07) is 12.2. The van der Waals surface area contributed by atoms with Crippen LogP contribution in [0.1, 0.15) is 34.2 Å². The maximum atomic E-state index is 12.8. The maximum absolute atomic E-state index is 12.8. The fraction of sp³-hybridized carbons (Fsp3) is 0.333. The lowest BCUT2D eigenvalue weighted by atomic mass is 9.73. The monoisotopic (exact) mass is 382 g/mol. The molecular weight excluding hydrogens is 360 g/mol. The minimum atomic E-state index is -1.29. The molecule has 7 heteroatoms. The van der Waals surface area contributed by atoms with Crippen LogP contribution in [0.4, 0.5) is 0 Å². The molecule has 2 aromatic rings. The van der Waals surface area contributed by atoms with Crippen molar-refractivity contribution in [1.29, 1.82) is 0 Å². The number of esters is 1. The third-order valence-electron chi connectivity index (χ3n) is 5.25. The molecule has 0 radical (unpaired) electrons. The van der Waals surface area contributed by atoms with E-state index >= 15 is 0 Å². The summed E-state index contributed by atoms with van der Waals surface area (Å²) >= 11 is 0. The van der Waals surface area contributed by atoms with Gasteiger partial charge in [-0.15, -0.1) is 0 Å². The Kier molecular flexibility index (Phi) is 5.44. The molecule has 146 valence electrons. The van der Waals surface area contributed by atoms with Gasteiger partial charge in [-0.1, -0.05) is 59.7 Å². The fourth-order valence-electron chi connectivity index (χ4n) is 3.76. The average Bonchev–Trinajstić information content (AvgIpc) is 2.67. The van der Waals surface area contributed by atoms with Crippen molar-refractivity contribution in [3.8, 4) is 0 Å². The highest BCUT2D eigenvalue weighted by atomic mass is 16.6. The summed E-state index contributed by atoms with van der Waals surface area (Å²) in [6.45, 7) is 3.81. The van der Waals surface area contributed by atoms with Gasteiger partial charge in [0.1, 0.15) is 12.0 Å². The molecule has 1 aliphatic rings. The molecule has 3 rings (SSSR count). The summed E-state index contributed by atoms with van der Waals surface area (Å²) in [5.74, 6) is -3.58. The second-order valence-electron chi connectivity index (χ2n) is 7.11. The predicted octanol–water partition coefficient (Wildman–Crippen LogP) is 2.69.